The maximum absolute atomic E-state index is 10.5. The summed E-state index contributed by atoms with van der Waals surface area (Å²) in [6.45, 7) is 4.06. The van der Waals surface area contributed by atoms with Crippen molar-refractivity contribution in [3.05, 3.63) is 34.6 Å². The standard InChI is InChI=1S/C9H12N4O2.C9H14N4.CH4O/c10-7-5-9(12-3-1-2-4-12)11-6-8(7)13(14)15;10-7-5-9(12-6-8(7)11)13-3-1-2-4-13;1-2/h5-6H,1-4H2,(H2,10,11);5-6H,1-4,11H2,(H2,10,12);2H,1H3. The van der Waals surface area contributed by atoms with E-state index in [1.54, 1.807) is 12.3 Å². The SMILES string of the molecule is CO.Nc1cc(N2CCCC2)ncc1[N+](=O)[O-].Nc1cnc(N2CCCC2)cc1N. The molecule has 4 heterocycles. The van der Waals surface area contributed by atoms with Gasteiger partial charge in [0.1, 0.15) is 23.5 Å². The number of nitrogens with zero attached hydrogens (tertiary/aromatic N) is 5. The van der Waals surface area contributed by atoms with E-state index in [1.165, 1.54) is 19.0 Å². The van der Waals surface area contributed by atoms with Crippen LogP contribution < -0.4 is 27.0 Å². The van der Waals surface area contributed by atoms with Crippen molar-refractivity contribution in [2.75, 3.05) is 60.3 Å². The average molecular weight is 419 g/mol. The molecule has 0 saturated carbocycles. The zero-order valence-corrected chi connectivity index (χ0v) is 17.2. The minimum atomic E-state index is -0.518. The van der Waals surface area contributed by atoms with Crippen molar-refractivity contribution < 1.29 is 10.0 Å². The second kappa shape index (κ2) is 11.0. The maximum atomic E-state index is 10.5. The molecule has 0 amide bonds. The van der Waals surface area contributed by atoms with Crippen LogP contribution in [0.1, 0.15) is 25.7 Å². The number of rotatable bonds is 3. The second-order valence-electron chi connectivity index (χ2n) is 6.92. The van der Waals surface area contributed by atoms with Crippen LogP contribution in [0.5, 0.6) is 0 Å². The van der Waals surface area contributed by atoms with Gasteiger partial charge in [0.2, 0.25) is 0 Å². The van der Waals surface area contributed by atoms with Crippen molar-refractivity contribution in [1.82, 2.24) is 9.97 Å². The molecule has 4 rings (SSSR count). The third kappa shape index (κ3) is 5.83. The van der Waals surface area contributed by atoms with Crippen LogP contribution >= 0.6 is 0 Å². The molecule has 11 nitrogen and oxygen atoms in total. The van der Waals surface area contributed by atoms with Gasteiger partial charge in [0, 0.05) is 45.4 Å². The van der Waals surface area contributed by atoms with Gasteiger partial charge in [-0.25, -0.2) is 9.97 Å². The summed E-state index contributed by atoms with van der Waals surface area (Å²) in [6.07, 6.45) is 7.61. The number of aliphatic hydroxyl groups is 1. The second-order valence-corrected chi connectivity index (χ2v) is 6.92. The zero-order valence-electron chi connectivity index (χ0n) is 17.2. The Morgan fingerprint density at radius 3 is 1.67 bits per heavy atom. The number of hydrogen-bond acceptors (Lipinski definition) is 10. The third-order valence-corrected chi connectivity index (χ3v) is 4.91. The highest BCUT2D eigenvalue weighted by Gasteiger charge is 2.18. The smallest absolute Gasteiger partial charge is 0.310 e. The quantitative estimate of drug-likeness (QED) is 0.423. The Labute approximate surface area is 175 Å². The van der Waals surface area contributed by atoms with E-state index in [2.05, 4.69) is 19.8 Å². The molecule has 0 spiro atoms. The predicted octanol–water partition coefficient (Wildman–Crippen LogP) is 1.63. The van der Waals surface area contributed by atoms with E-state index in [9.17, 15) is 10.1 Å². The van der Waals surface area contributed by atoms with E-state index in [4.69, 9.17) is 22.3 Å². The van der Waals surface area contributed by atoms with Gasteiger partial charge in [-0.2, -0.15) is 0 Å². The van der Waals surface area contributed by atoms with Crippen LogP contribution in [-0.2, 0) is 0 Å². The summed E-state index contributed by atoms with van der Waals surface area (Å²) in [7, 11) is 1.00. The Bertz CT molecular complexity index is 837. The Kier molecular flexibility index (Phi) is 8.41. The molecule has 7 N–H and O–H groups in total. The number of anilines is 5. The molecule has 0 aromatic carbocycles. The lowest BCUT2D eigenvalue weighted by molar-refractivity contribution is -0.384. The van der Waals surface area contributed by atoms with Crippen molar-refractivity contribution in [2.24, 2.45) is 0 Å². The minimum Gasteiger partial charge on any atom is -0.400 e. The first-order chi connectivity index (χ1) is 14.5. The number of aromatic nitrogens is 2. The number of nitro groups is 1. The fraction of sp³-hybridized carbons (Fsp3) is 0.474. The third-order valence-electron chi connectivity index (χ3n) is 4.91. The monoisotopic (exact) mass is 418 g/mol. The van der Waals surface area contributed by atoms with Crippen LogP contribution in [0.25, 0.3) is 0 Å². The van der Waals surface area contributed by atoms with Gasteiger partial charge in [-0.05, 0) is 25.7 Å². The van der Waals surface area contributed by atoms with Crippen LogP contribution in [0, 0.1) is 10.1 Å². The summed E-state index contributed by atoms with van der Waals surface area (Å²) >= 11 is 0. The molecule has 164 valence electrons. The van der Waals surface area contributed by atoms with Gasteiger partial charge in [-0.1, -0.05) is 0 Å². The van der Waals surface area contributed by atoms with Crippen LogP contribution in [-0.4, -0.2) is 53.3 Å². The number of nitrogens with two attached hydrogens (primary N) is 3. The number of hydrogen-bond donors (Lipinski definition) is 4. The van der Waals surface area contributed by atoms with E-state index in [-0.39, 0.29) is 11.4 Å². The molecular weight excluding hydrogens is 388 g/mol. The van der Waals surface area contributed by atoms with E-state index >= 15 is 0 Å². The number of nitrogen functional groups attached to an aromatic ring is 3. The molecule has 0 aliphatic carbocycles. The van der Waals surface area contributed by atoms with Crippen molar-refractivity contribution in [1.29, 1.82) is 0 Å². The summed E-state index contributed by atoms with van der Waals surface area (Å²) < 4.78 is 0. The van der Waals surface area contributed by atoms with Gasteiger partial charge < -0.3 is 32.1 Å². The van der Waals surface area contributed by atoms with Crippen LogP contribution in [0.3, 0.4) is 0 Å². The Hall–Kier alpha value is -3.34. The molecule has 30 heavy (non-hydrogen) atoms. The topological polar surface area (TPSA) is 174 Å². The molecule has 2 aliphatic rings. The van der Waals surface area contributed by atoms with E-state index in [1.807, 2.05) is 6.07 Å². The molecule has 2 aromatic rings. The lowest BCUT2D eigenvalue weighted by Crippen LogP contribution is -2.19. The summed E-state index contributed by atoms with van der Waals surface area (Å²) in [4.78, 5) is 22.6. The first-order valence-electron chi connectivity index (χ1n) is 9.81. The summed E-state index contributed by atoms with van der Waals surface area (Å²) in [5.74, 6) is 1.68. The van der Waals surface area contributed by atoms with Crippen LogP contribution in [0.4, 0.5) is 34.4 Å². The van der Waals surface area contributed by atoms with Gasteiger partial charge in [-0.15, -0.1) is 0 Å². The zero-order chi connectivity index (χ0) is 22.1. The van der Waals surface area contributed by atoms with Crippen molar-refractivity contribution >= 4 is 34.4 Å². The van der Waals surface area contributed by atoms with Gasteiger partial charge >= 0.3 is 5.69 Å². The molecule has 2 saturated heterocycles. The highest BCUT2D eigenvalue weighted by molar-refractivity contribution is 5.66. The van der Waals surface area contributed by atoms with E-state index in [0.717, 1.165) is 57.8 Å². The molecule has 0 atom stereocenters. The fourth-order valence-corrected chi connectivity index (χ4v) is 3.31. The number of aliphatic hydroxyl groups excluding tert-OH is 1. The van der Waals surface area contributed by atoms with Gasteiger partial charge in [0.05, 0.1) is 22.5 Å². The van der Waals surface area contributed by atoms with Gasteiger partial charge in [0.25, 0.3) is 0 Å². The molecule has 0 bridgehead atoms. The van der Waals surface area contributed by atoms with E-state index in [0.29, 0.717) is 11.4 Å². The van der Waals surface area contributed by atoms with Crippen LogP contribution in [0.2, 0.25) is 0 Å². The molecule has 0 unspecified atom stereocenters. The Morgan fingerprint density at radius 2 is 1.27 bits per heavy atom. The number of pyridine rings is 2. The normalized spacial score (nSPS) is 15.1. The van der Waals surface area contributed by atoms with Gasteiger partial charge in [0.15, 0.2) is 0 Å². The Balaban J connectivity index is 0.000000199. The summed E-state index contributed by atoms with van der Waals surface area (Å²) in [6, 6.07) is 3.42. The highest BCUT2D eigenvalue weighted by atomic mass is 16.6. The first kappa shape index (κ1) is 22.9. The van der Waals surface area contributed by atoms with Gasteiger partial charge in [-0.3, -0.25) is 10.1 Å². The first-order valence-corrected chi connectivity index (χ1v) is 9.81. The van der Waals surface area contributed by atoms with Crippen molar-refractivity contribution in [3.63, 3.8) is 0 Å². The van der Waals surface area contributed by atoms with Crippen molar-refractivity contribution in [3.8, 4) is 0 Å². The molecule has 2 aliphatic heterocycles. The molecule has 0 radical (unpaired) electrons. The molecule has 11 heteroatoms. The molecule has 2 aromatic heterocycles. The van der Waals surface area contributed by atoms with Crippen LogP contribution in [0.15, 0.2) is 24.5 Å². The largest absolute Gasteiger partial charge is 0.400 e. The van der Waals surface area contributed by atoms with Crippen molar-refractivity contribution in [2.45, 2.75) is 25.7 Å². The Morgan fingerprint density at radius 1 is 0.833 bits per heavy atom. The van der Waals surface area contributed by atoms with E-state index < -0.39 is 4.92 Å². The lowest BCUT2D eigenvalue weighted by atomic mass is 10.3. The molecule has 2 fully saturated rings. The fourth-order valence-electron chi connectivity index (χ4n) is 3.31. The summed E-state index contributed by atoms with van der Waals surface area (Å²) in [5, 5.41) is 17.5. The average Bonchev–Trinajstić information content (AvgIpc) is 3.46. The predicted molar refractivity (Wildman–Crippen MR) is 119 cm³/mol. The maximum Gasteiger partial charge on any atom is 0.310 e. The minimum absolute atomic E-state index is 0.127. The summed E-state index contributed by atoms with van der Waals surface area (Å²) in [5.41, 5.74) is 18.1. The lowest BCUT2D eigenvalue weighted by Gasteiger charge is -2.16. The highest BCUT2D eigenvalue weighted by Crippen LogP contribution is 2.26. The molecular formula is C19H30N8O3.